The molecule has 0 spiro atoms. The summed E-state index contributed by atoms with van der Waals surface area (Å²) in [5.74, 6) is 0.00398. The molecule has 1 heterocycles. The van der Waals surface area contributed by atoms with E-state index >= 15 is 0 Å². The second-order valence-electron chi connectivity index (χ2n) is 5.85. The highest BCUT2D eigenvalue weighted by Gasteiger charge is 2.49. The molecule has 1 N–H and O–H groups in total. The second-order valence-corrected chi connectivity index (χ2v) is 5.85. The molecule has 0 aromatic carbocycles. The number of piperazine rings is 1. The van der Waals surface area contributed by atoms with Crippen molar-refractivity contribution in [1.82, 2.24) is 15.1 Å². The third-order valence-electron chi connectivity index (χ3n) is 4.40. The van der Waals surface area contributed by atoms with Gasteiger partial charge < -0.3 is 19.9 Å². The van der Waals surface area contributed by atoms with Crippen LogP contribution in [-0.2, 0) is 14.3 Å². The van der Waals surface area contributed by atoms with Crippen LogP contribution in [0.1, 0.15) is 19.8 Å². The first-order chi connectivity index (χ1) is 10.2. The molecule has 6 nitrogen and oxygen atoms in total. The number of likely N-dealkylation sites (N-methyl/N-ethyl adjacent to an activating group) is 1. The van der Waals surface area contributed by atoms with Crippen LogP contribution in [0.4, 0.5) is 0 Å². The molecule has 2 amide bonds. The monoisotopic (exact) mass is 297 g/mol. The van der Waals surface area contributed by atoms with Crippen molar-refractivity contribution in [2.75, 3.05) is 53.0 Å². The van der Waals surface area contributed by atoms with E-state index in [-0.39, 0.29) is 23.7 Å². The van der Waals surface area contributed by atoms with Gasteiger partial charge in [0.2, 0.25) is 11.8 Å². The molecular weight excluding hydrogens is 270 g/mol. The van der Waals surface area contributed by atoms with Crippen LogP contribution in [0, 0.1) is 11.8 Å². The van der Waals surface area contributed by atoms with E-state index in [2.05, 4.69) is 17.1 Å². The van der Waals surface area contributed by atoms with Crippen molar-refractivity contribution < 1.29 is 14.3 Å². The van der Waals surface area contributed by atoms with Gasteiger partial charge in [-0.2, -0.15) is 0 Å². The maximum atomic E-state index is 12.4. The Hall–Kier alpha value is -1.14. The van der Waals surface area contributed by atoms with Gasteiger partial charge in [0.1, 0.15) is 0 Å². The summed E-state index contributed by atoms with van der Waals surface area (Å²) < 4.78 is 4.94. The Morgan fingerprint density at radius 1 is 1.19 bits per heavy atom. The summed E-state index contributed by atoms with van der Waals surface area (Å²) in [6.45, 7) is 7.94. The molecule has 0 aromatic rings. The molecule has 2 unspecified atom stereocenters. The third-order valence-corrected chi connectivity index (χ3v) is 4.40. The Bertz CT molecular complexity index is 367. The summed E-state index contributed by atoms with van der Waals surface area (Å²) in [4.78, 5) is 28.6. The Morgan fingerprint density at radius 3 is 2.52 bits per heavy atom. The number of amides is 2. The number of rotatable bonds is 7. The number of nitrogens with one attached hydrogen (secondary N) is 1. The van der Waals surface area contributed by atoms with E-state index in [1.807, 2.05) is 4.90 Å². The standard InChI is InChI=1S/C15H27N3O3/c1-3-17-6-8-18(9-7-17)15(20)13-11-12(13)14(19)16-5-4-10-21-2/h12-13H,3-11H2,1-2H3,(H,16,19). The number of methoxy groups -OCH3 is 1. The van der Waals surface area contributed by atoms with Crippen molar-refractivity contribution in [1.29, 1.82) is 0 Å². The molecular formula is C15H27N3O3. The van der Waals surface area contributed by atoms with Gasteiger partial charge in [-0.3, -0.25) is 9.59 Å². The minimum absolute atomic E-state index is 0.0247. The molecule has 1 aliphatic heterocycles. The molecule has 2 atom stereocenters. The smallest absolute Gasteiger partial charge is 0.226 e. The quantitative estimate of drug-likeness (QED) is 0.669. The van der Waals surface area contributed by atoms with Crippen LogP contribution in [0.25, 0.3) is 0 Å². The largest absolute Gasteiger partial charge is 0.385 e. The van der Waals surface area contributed by atoms with Gasteiger partial charge in [-0.25, -0.2) is 0 Å². The van der Waals surface area contributed by atoms with Crippen LogP contribution >= 0.6 is 0 Å². The van der Waals surface area contributed by atoms with E-state index in [0.29, 0.717) is 19.6 Å². The number of ether oxygens (including phenoxy) is 1. The molecule has 2 rings (SSSR count). The van der Waals surface area contributed by atoms with Crippen molar-refractivity contribution in [3.63, 3.8) is 0 Å². The molecule has 2 fully saturated rings. The van der Waals surface area contributed by atoms with Gasteiger partial charge in [0.25, 0.3) is 0 Å². The summed E-state index contributed by atoms with van der Waals surface area (Å²) in [5, 5.41) is 2.89. The average Bonchev–Trinajstić information content (AvgIpc) is 3.31. The van der Waals surface area contributed by atoms with E-state index in [9.17, 15) is 9.59 Å². The topological polar surface area (TPSA) is 61.9 Å². The Morgan fingerprint density at radius 2 is 1.90 bits per heavy atom. The zero-order chi connectivity index (χ0) is 15.2. The zero-order valence-electron chi connectivity index (χ0n) is 13.1. The van der Waals surface area contributed by atoms with Crippen LogP contribution in [0.15, 0.2) is 0 Å². The first-order valence-electron chi connectivity index (χ1n) is 7.95. The van der Waals surface area contributed by atoms with E-state index in [4.69, 9.17) is 4.74 Å². The van der Waals surface area contributed by atoms with Gasteiger partial charge in [0.15, 0.2) is 0 Å². The summed E-state index contributed by atoms with van der Waals surface area (Å²) in [7, 11) is 1.65. The van der Waals surface area contributed by atoms with Gasteiger partial charge in [-0.1, -0.05) is 6.92 Å². The summed E-state index contributed by atoms with van der Waals surface area (Å²) in [5.41, 5.74) is 0. The maximum Gasteiger partial charge on any atom is 0.226 e. The van der Waals surface area contributed by atoms with Gasteiger partial charge in [0.05, 0.1) is 11.8 Å². The second kappa shape index (κ2) is 7.75. The van der Waals surface area contributed by atoms with Crippen molar-refractivity contribution in [3.8, 4) is 0 Å². The van der Waals surface area contributed by atoms with Gasteiger partial charge in [-0.15, -0.1) is 0 Å². The molecule has 1 saturated heterocycles. The predicted octanol–water partition coefficient (Wildman–Crippen LogP) is -0.0607. The molecule has 6 heteroatoms. The van der Waals surface area contributed by atoms with Gasteiger partial charge in [0, 0.05) is 46.4 Å². The molecule has 0 aromatic heterocycles. The molecule has 1 saturated carbocycles. The molecule has 0 radical (unpaired) electrons. The van der Waals surface area contributed by atoms with Crippen molar-refractivity contribution >= 4 is 11.8 Å². The lowest BCUT2D eigenvalue weighted by Gasteiger charge is -2.34. The van der Waals surface area contributed by atoms with E-state index < -0.39 is 0 Å². The van der Waals surface area contributed by atoms with Crippen molar-refractivity contribution in [2.45, 2.75) is 19.8 Å². The number of nitrogens with zero attached hydrogens (tertiary/aromatic N) is 2. The Kier molecular flexibility index (Phi) is 5.99. The number of hydrogen-bond acceptors (Lipinski definition) is 4. The Labute approximate surface area is 126 Å². The number of carbonyl (C=O) groups is 2. The van der Waals surface area contributed by atoms with E-state index in [0.717, 1.165) is 39.1 Å². The zero-order valence-corrected chi connectivity index (χ0v) is 13.1. The maximum absolute atomic E-state index is 12.4. The molecule has 2 aliphatic rings. The summed E-state index contributed by atoms with van der Waals surface area (Å²) >= 11 is 0. The minimum atomic E-state index is -0.107. The summed E-state index contributed by atoms with van der Waals surface area (Å²) in [6, 6.07) is 0. The first-order valence-corrected chi connectivity index (χ1v) is 7.95. The first kappa shape index (κ1) is 16.2. The van der Waals surface area contributed by atoms with Gasteiger partial charge in [-0.05, 0) is 19.4 Å². The average molecular weight is 297 g/mol. The van der Waals surface area contributed by atoms with Crippen molar-refractivity contribution in [2.24, 2.45) is 11.8 Å². The third kappa shape index (κ3) is 4.41. The highest BCUT2D eigenvalue weighted by molar-refractivity contribution is 5.92. The van der Waals surface area contributed by atoms with Crippen LogP contribution < -0.4 is 5.32 Å². The van der Waals surface area contributed by atoms with Crippen LogP contribution in [-0.4, -0.2) is 74.6 Å². The van der Waals surface area contributed by atoms with Gasteiger partial charge >= 0.3 is 0 Å². The minimum Gasteiger partial charge on any atom is -0.385 e. The lowest BCUT2D eigenvalue weighted by Crippen LogP contribution is -2.49. The van der Waals surface area contributed by atoms with E-state index in [1.54, 1.807) is 7.11 Å². The normalized spacial score (nSPS) is 25.7. The van der Waals surface area contributed by atoms with Crippen LogP contribution in [0.2, 0.25) is 0 Å². The molecule has 120 valence electrons. The lowest BCUT2D eigenvalue weighted by molar-refractivity contribution is -0.136. The number of hydrogen-bond donors (Lipinski definition) is 1. The fraction of sp³-hybridized carbons (Fsp3) is 0.867. The highest BCUT2D eigenvalue weighted by atomic mass is 16.5. The molecule has 1 aliphatic carbocycles. The fourth-order valence-electron chi connectivity index (χ4n) is 2.84. The van der Waals surface area contributed by atoms with Crippen LogP contribution in [0.5, 0.6) is 0 Å². The lowest BCUT2D eigenvalue weighted by atomic mass is 10.2. The Balaban J connectivity index is 1.68. The van der Waals surface area contributed by atoms with E-state index in [1.165, 1.54) is 0 Å². The van der Waals surface area contributed by atoms with Crippen LogP contribution in [0.3, 0.4) is 0 Å². The van der Waals surface area contributed by atoms with Crippen molar-refractivity contribution in [3.05, 3.63) is 0 Å². The SMILES string of the molecule is CCN1CCN(C(=O)C2CC2C(=O)NCCCOC)CC1. The fourth-order valence-corrected chi connectivity index (χ4v) is 2.84. The molecule has 21 heavy (non-hydrogen) atoms. The summed E-state index contributed by atoms with van der Waals surface area (Å²) in [6.07, 6.45) is 1.52. The number of carbonyl (C=O) groups excluding carboxylic acids is 2. The highest BCUT2D eigenvalue weighted by Crippen LogP contribution is 2.40. The molecule has 0 bridgehead atoms. The predicted molar refractivity (Wildman–Crippen MR) is 79.8 cm³/mol.